The molecule has 1 atom stereocenters. The van der Waals surface area contributed by atoms with Crippen molar-refractivity contribution in [3.63, 3.8) is 0 Å². The Bertz CT molecular complexity index is 592. The molecule has 37 heavy (non-hydrogen) atoms. The molecule has 1 unspecified atom stereocenters. The van der Waals surface area contributed by atoms with Crippen LogP contribution in [-0.4, -0.2) is 61.4 Å². The van der Waals surface area contributed by atoms with Crippen molar-refractivity contribution < 1.29 is 19.2 Å². The van der Waals surface area contributed by atoms with Crippen LogP contribution in [0.1, 0.15) is 136 Å². The van der Waals surface area contributed by atoms with Gasteiger partial charge in [-0.2, -0.15) is 0 Å². The molecule has 0 fully saturated rings. The average molecular weight is 525 g/mol. The Morgan fingerprint density at radius 2 is 1.19 bits per heavy atom. The fourth-order valence-corrected chi connectivity index (χ4v) is 4.60. The van der Waals surface area contributed by atoms with Crippen LogP contribution < -0.4 is 10.6 Å². The maximum atomic E-state index is 12.1. The third kappa shape index (κ3) is 22.3. The third-order valence-corrected chi connectivity index (χ3v) is 7.36. The van der Waals surface area contributed by atoms with E-state index in [2.05, 4.69) is 24.1 Å². The second-order valence-electron chi connectivity index (χ2n) is 11.6. The van der Waals surface area contributed by atoms with Crippen LogP contribution >= 0.6 is 0 Å². The molecular formula is C31H62N3O3+. The first-order valence-corrected chi connectivity index (χ1v) is 15.4. The summed E-state index contributed by atoms with van der Waals surface area (Å²) in [5.74, 6) is 0.0112. The first-order valence-electron chi connectivity index (χ1n) is 15.4. The van der Waals surface area contributed by atoms with Crippen LogP contribution in [0, 0.1) is 0 Å². The van der Waals surface area contributed by atoms with Crippen molar-refractivity contribution in [2.75, 3.05) is 33.7 Å². The number of nitrogens with zero attached hydrogens (tertiary/aromatic N) is 1. The number of hydrogen-bond acceptors (Lipinski definition) is 3. The molecule has 0 saturated carbocycles. The number of unbranched alkanes of at least 4 members (excludes halogenated alkanes) is 14. The third-order valence-electron chi connectivity index (χ3n) is 7.36. The van der Waals surface area contributed by atoms with E-state index >= 15 is 0 Å². The summed E-state index contributed by atoms with van der Waals surface area (Å²) < 4.78 is 0.482. The lowest BCUT2D eigenvalue weighted by Gasteiger charge is -2.34. The summed E-state index contributed by atoms with van der Waals surface area (Å²) in [6.45, 7) is 9.56. The summed E-state index contributed by atoms with van der Waals surface area (Å²) in [5.41, 5.74) is 0.510. The Morgan fingerprint density at radius 3 is 1.68 bits per heavy atom. The molecule has 6 heteroatoms. The van der Waals surface area contributed by atoms with E-state index in [4.69, 9.17) is 0 Å². The smallest absolute Gasteiger partial charge is 0.246 e. The molecule has 0 saturated heterocycles. The lowest BCUT2D eigenvalue weighted by atomic mass is 10.0. The van der Waals surface area contributed by atoms with Gasteiger partial charge in [-0.3, -0.25) is 9.59 Å². The Hall–Kier alpha value is -1.40. The first kappa shape index (κ1) is 35.6. The van der Waals surface area contributed by atoms with Crippen molar-refractivity contribution in [2.45, 2.75) is 142 Å². The maximum Gasteiger partial charge on any atom is 0.246 e. The van der Waals surface area contributed by atoms with Crippen molar-refractivity contribution in [3.05, 3.63) is 12.2 Å². The quantitative estimate of drug-likeness (QED) is 0.0515. The number of carbonyl (C=O) groups is 2. The lowest BCUT2D eigenvalue weighted by Crippen LogP contribution is -2.50. The second-order valence-corrected chi connectivity index (χ2v) is 11.6. The van der Waals surface area contributed by atoms with Gasteiger partial charge in [-0.05, 0) is 19.8 Å². The van der Waals surface area contributed by atoms with E-state index < -0.39 is 6.23 Å². The van der Waals surface area contributed by atoms with Gasteiger partial charge in [0.2, 0.25) is 11.8 Å². The molecule has 3 N–H and O–H groups in total. The van der Waals surface area contributed by atoms with Crippen molar-refractivity contribution in [1.82, 2.24) is 10.6 Å². The number of amides is 2. The Kier molecular flexibility index (Phi) is 22.8. The SMILES string of the molecule is C=C(C)C(=O)NCCC[N+](C)(C)C(O)CCCNC(=O)CCCCCCCCCCCCCCCCC. The Balaban J connectivity index is 3.55. The average Bonchev–Trinajstić information content (AvgIpc) is 2.86. The summed E-state index contributed by atoms with van der Waals surface area (Å²) in [5, 5.41) is 16.4. The number of hydrogen-bond donors (Lipinski definition) is 3. The molecule has 0 radical (unpaired) electrons. The summed E-state index contributed by atoms with van der Waals surface area (Å²) in [4.78, 5) is 23.6. The monoisotopic (exact) mass is 524 g/mol. The number of carbonyl (C=O) groups excluding carboxylic acids is 2. The molecule has 0 aliphatic carbocycles. The van der Waals surface area contributed by atoms with Gasteiger partial charge < -0.3 is 20.2 Å². The van der Waals surface area contributed by atoms with Gasteiger partial charge in [0.25, 0.3) is 0 Å². The summed E-state index contributed by atoms with van der Waals surface area (Å²) >= 11 is 0. The van der Waals surface area contributed by atoms with Crippen LogP contribution in [0.3, 0.4) is 0 Å². The lowest BCUT2D eigenvalue weighted by molar-refractivity contribution is -0.937. The van der Waals surface area contributed by atoms with Crippen LogP contribution in [0.4, 0.5) is 0 Å². The van der Waals surface area contributed by atoms with Crippen molar-refractivity contribution in [1.29, 1.82) is 0 Å². The van der Waals surface area contributed by atoms with Gasteiger partial charge in [-0.15, -0.1) is 0 Å². The van der Waals surface area contributed by atoms with E-state index in [0.29, 0.717) is 36.0 Å². The number of aliphatic hydroxyl groups is 1. The molecule has 0 bridgehead atoms. The highest BCUT2D eigenvalue weighted by atomic mass is 16.3. The van der Waals surface area contributed by atoms with Crippen molar-refractivity contribution >= 4 is 11.8 Å². The van der Waals surface area contributed by atoms with Gasteiger partial charge in [-0.1, -0.05) is 103 Å². The Morgan fingerprint density at radius 1 is 0.730 bits per heavy atom. The fraction of sp³-hybridized carbons (Fsp3) is 0.871. The van der Waals surface area contributed by atoms with Gasteiger partial charge >= 0.3 is 0 Å². The molecule has 0 spiro atoms. The van der Waals surface area contributed by atoms with E-state index in [-0.39, 0.29) is 11.8 Å². The number of rotatable bonds is 26. The molecular weight excluding hydrogens is 462 g/mol. The van der Waals surface area contributed by atoms with Crippen LogP contribution in [0.2, 0.25) is 0 Å². The van der Waals surface area contributed by atoms with Gasteiger partial charge in [-0.25, -0.2) is 0 Å². The fourth-order valence-electron chi connectivity index (χ4n) is 4.60. The van der Waals surface area contributed by atoms with E-state index in [9.17, 15) is 14.7 Å². The van der Waals surface area contributed by atoms with Gasteiger partial charge in [0.1, 0.15) is 0 Å². The maximum absolute atomic E-state index is 12.1. The minimum absolute atomic E-state index is 0.119. The standard InChI is InChI=1S/C31H61N3O3/c1-6-7-8-9-10-11-12-13-14-15-16-17-18-19-20-23-29(35)32-25-21-24-30(36)34(4,5)27-22-26-33-31(37)28(2)3/h30,36H,2,6-27H2,1,3-5H3,(H-,32,33,35,37)/p+1. The molecule has 0 aromatic heterocycles. The predicted molar refractivity (Wildman–Crippen MR) is 157 cm³/mol. The van der Waals surface area contributed by atoms with E-state index in [1.807, 2.05) is 14.1 Å². The Labute approximate surface area is 229 Å². The molecule has 0 aromatic carbocycles. The highest BCUT2D eigenvalue weighted by molar-refractivity contribution is 5.91. The zero-order valence-electron chi connectivity index (χ0n) is 25.1. The van der Waals surface area contributed by atoms with Crippen LogP contribution in [0.15, 0.2) is 12.2 Å². The molecule has 0 aliphatic rings. The zero-order chi connectivity index (χ0) is 27.8. The van der Waals surface area contributed by atoms with E-state index in [0.717, 1.165) is 32.2 Å². The van der Waals surface area contributed by atoms with E-state index in [1.54, 1.807) is 6.92 Å². The number of quaternary nitrogens is 1. The van der Waals surface area contributed by atoms with Gasteiger partial charge in [0, 0.05) is 37.9 Å². The number of nitrogens with one attached hydrogen (secondary N) is 2. The molecule has 218 valence electrons. The van der Waals surface area contributed by atoms with Crippen LogP contribution in [0.5, 0.6) is 0 Å². The second kappa shape index (κ2) is 23.7. The van der Waals surface area contributed by atoms with Crippen molar-refractivity contribution in [2.24, 2.45) is 0 Å². The molecule has 0 aromatic rings. The number of aliphatic hydroxyl groups excluding tert-OH is 1. The topological polar surface area (TPSA) is 78.4 Å². The van der Waals surface area contributed by atoms with Crippen LogP contribution in [-0.2, 0) is 9.59 Å². The molecule has 2 amide bonds. The van der Waals surface area contributed by atoms with Crippen molar-refractivity contribution in [3.8, 4) is 0 Å². The van der Waals surface area contributed by atoms with Gasteiger partial charge in [0.15, 0.2) is 6.23 Å². The minimum Gasteiger partial charge on any atom is -0.356 e. The summed E-state index contributed by atoms with van der Waals surface area (Å²) in [6, 6.07) is 0. The molecule has 0 rings (SSSR count). The zero-order valence-corrected chi connectivity index (χ0v) is 25.1. The van der Waals surface area contributed by atoms with Crippen LogP contribution in [0.25, 0.3) is 0 Å². The largest absolute Gasteiger partial charge is 0.356 e. The summed E-state index contributed by atoms with van der Waals surface area (Å²) in [7, 11) is 4.00. The highest BCUT2D eigenvalue weighted by Crippen LogP contribution is 2.14. The first-order chi connectivity index (χ1) is 17.7. The van der Waals surface area contributed by atoms with Gasteiger partial charge in [0.05, 0.1) is 20.6 Å². The molecule has 0 aliphatic heterocycles. The normalized spacial score (nSPS) is 12.4. The predicted octanol–water partition coefficient (Wildman–Crippen LogP) is 6.62. The van der Waals surface area contributed by atoms with E-state index in [1.165, 1.54) is 83.5 Å². The minimum atomic E-state index is -0.482. The molecule has 0 heterocycles. The molecule has 6 nitrogen and oxygen atoms in total. The highest BCUT2D eigenvalue weighted by Gasteiger charge is 2.25. The summed E-state index contributed by atoms with van der Waals surface area (Å²) in [6.07, 6.45) is 22.3.